The van der Waals surface area contributed by atoms with Gasteiger partial charge in [-0.25, -0.2) is 4.79 Å². The highest BCUT2D eigenvalue weighted by molar-refractivity contribution is 9.10. The summed E-state index contributed by atoms with van der Waals surface area (Å²) in [7, 11) is 0. The van der Waals surface area contributed by atoms with Crippen molar-refractivity contribution in [1.29, 1.82) is 0 Å². The van der Waals surface area contributed by atoms with Gasteiger partial charge < -0.3 is 9.15 Å². The molecule has 0 aliphatic rings. The van der Waals surface area contributed by atoms with Crippen LogP contribution in [0.2, 0.25) is 0 Å². The molecule has 0 radical (unpaired) electrons. The SMILES string of the molecule is CCCCOCCn1c(=O)oc2ccc(Br)cc21. The number of hydrogen-bond acceptors (Lipinski definition) is 3. The van der Waals surface area contributed by atoms with Crippen molar-refractivity contribution in [2.45, 2.75) is 26.3 Å². The van der Waals surface area contributed by atoms with E-state index in [9.17, 15) is 4.79 Å². The summed E-state index contributed by atoms with van der Waals surface area (Å²) in [4.78, 5) is 11.7. The van der Waals surface area contributed by atoms with Crippen LogP contribution in [0.3, 0.4) is 0 Å². The largest absolute Gasteiger partial charge is 0.420 e. The van der Waals surface area contributed by atoms with E-state index < -0.39 is 0 Å². The molecule has 0 spiro atoms. The van der Waals surface area contributed by atoms with E-state index in [0.29, 0.717) is 18.7 Å². The Morgan fingerprint density at radius 2 is 2.22 bits per heavy atom. The molecule has 0 saturated heterocycles. The topological polar surface area (TPSA) is 44.4 Å². The van der Waals surface area contributed by atoms with Gasteiger partial charge in [-0.05, 0) is 24.6 Å². The number of unbranched alkanes of at least 4 members (excludes halogenated alkanes) is 1. The van der Waals surface area contributed by atoms with Gasteiger partial charge in [-0.3, -0.25) is 4.57 Å². The van der Waals surface area contributed by atoms with Crippen molar-refractivity contribution in [3.8, 4) is 0 Å². The van der Waals surface area contributed by atoms with Crippen LogP contribution in [0.15, 0.2) is 31.9 Å². The van der Waals surface area contributed by atoms with Crippen molar-refractivity contribution < 1.29 is 9.15 Å². The smallest absolute Gasteiger partial charge is 0.408 e. The van der Waals surface area contributed by atoms with E-state index in [2.05, 4.69) is 22.9 Å². The standard InChI is InChI=1S/C13H16BrNO3/c1-2-3-7-17-8-6-15-11-9-10(14)4-5-12(11)18-13(15)16/h4-5,9H,2-3,6-8H2,1H3. The lowest BCUT2D eigenvalue weighted by Gasteiger charge is -2.04. The van der Waals surface area contributed by atoms with Crippen LogP contribution in [0.25, 0.3) is 11.1 Å². The molecule has 18 heavy (non-hydrogen) atoms. The predicted octanol–water partition coefficient (Wildman–Crippen LogP) is 3.17. The highest BCUT2D eigenvalue weighted by Crippen LogP contribution is 2.18. The number of aromatic nitrogens is 1. The molecule has 0 amide bonds. The Balaban J connectivity index is 2.10. The van der Waals surface area contributed by atoms with E-state index in [1.54, 1.807) is 10.6 Å². The molecule has 0 N–H and O–H groups in total. The molecule has 4 nitrogen and oxygen atoms in total. The van der Waals surface area contributed by atoms with E-state index in [4.69, 9.17) is 9.15 Å². The van der Waals surface area contributed by atoms with Crippen LogP contribution in [0.5, 0.6) is 0 Å². The molecule has 2 aromatic rings. The highest BCUT2D eigenvalue weighted by atomic mass is 79.9. The summed E-state index contributed by atoms with van der Waals surface area (Å²) < 4.78 is 13.2. The van der Waals surface area contributed by atoms with E-state index in [1.165, 1.54) is 0 Å². The van der Waals surface area contributed by atoms with E-state index in [1.807, 2.05) is 12.1 Å². The van der Waals surface area contributed by atoms with Gasteiger partial charge in [-0.15, -0.1) is 0 Å². The number of nitrogens with zero attached hydrogens (tertiary/aromatic N) is 1. The molecule has 1 aromatic carbocycles. The van der Waals surface area contributed by atoms with Gasteiger partial charge >= 0.3 is 5.76 Å². The predicted molar refractivity (Wildman–Crippen MR) is 73.9 cm³/mol. The minimum atomic E-state index is -0.331. The van der Waals surface area contributed by atoms with Gasteiger partial charge in [0.25, 0.3) is 0 Å². The van der Waals surface area contributed by atoms with Gasteiger partial charge in [0.15, 0.2) is 5.58 Å². The van der Waals surface area contributed by atoms with E-state index >= 15 is 0 Å². The maximum Gasteiger partial charge on any atom is 0.420 e. The molecule has 0 bridgehead atoms. The Labute approximate surface area is 114 Å². The third kappa shape index (κ3) is 3.03. The van der Waals surface area contributed by atoms with Gasteiger partial charge in [-0.2, -0.15) is 0 Å². The minimum absolute atomic E-state index is 0.331. The third-order valence-electron chi connectivity index (χ3n) is 2.73. The fourth-order valence-corrected chi connectivity index (χ4v) is 2.10. The van der Waals surface area contributed by atoms with Crippen LogP contribution in [0.1, 0.15) is 19.8 Å². The summed E-state index contributed by atoms with van der Waals surface area (Å²) in [5.74, 6) is -0.331. The zero-order valence-corrected chi connectivity index (χ0v) is 11.9. The maximum absolute atomic E-state index is 11.7. The molecule has 2 rings (SSSR count). The molecule has 98 valence electrons. The first-order valence-electron chi connectivity index (χ1n) is 6.09. The molecule has 0 aliphatic heterocycles. The average molecular weight is 314 g/mol. The van der Waals surface area contributed by atoms with Crippen molar-refractivity contribution >= 4 is 27.0 Å². The molecular formula is C13H16BrNO3. The second kappa shape index (κ2) is 6.20. The molecule has 1 aromatic heterocycles. The van der Waals surface area contributed by atoms with Gasteiger partial charge in [0.05, 0.1) is 18.7 Å². The average Bonchev–Trinajstić information content (AvgIpc) is 2.65. The third-order valence-corrected chi connectivity index (χ3v) is 3.22. The Morgan fingerprint density at radius 1 is 1.39 bits per heavy atom. The maximum atomic E-state index is 11.7. The highest BCUT2D eigenvalue weighted by Gasteiger charge is 2.08. The number of ether oxygens (including phenoxy) is 1. The molecule has 0 aliphatic carbocycles. The van der Waals surface area contributed by atoms with Gasteiger partial charge in [0.2, 0.25) is 0 Å². The fraction of sp³-hybridized carbons (Fsp3) is 0.462. The summed E-state index contributed by atoms with van der Waals surface area (Å²) in [5.41, 5.74) is 1.41. The van der Waals surface area contributed by atoms with E-state index in [-0.39, 0.29) is 5.76 Å². The van der Waals surface area contributed by atoms with Crippen molar-refractivity contribution in [2.75, 3.05) is 13.2 Å². The lowest BCUT2D eigenvalue weighted by atomic mass is 10.3. The summed E-state index contributed by atoms with van der Waals surface area (Å²) >= 11 is 3.39. The Hall–Kier alpha value is -1.07. The molecule has 0 unspecified atom stereocenters. The van der Waals surface area contributed by atoms with Gasteiger partial charge in [0, 0.05) is 11.1 Å². The van der Waals surface area contributed by atoms with Crippen molar-refractivity contribution in [3.63, 3.8) is 0 Å². The number of halogens is 1. The number of oxazole rings is 1. The Morgan fingerprint density at radius 3 is 3.00 bits per heavy atom. The normalized spacial score (nSPS) is 11.2. The van der Waals surface area contributed by atoms with Gasteiger partial charge in [-0.1, -0.05) is 29.3 Å². The lowest BCUT2D eigenvalue weighted by molar-refractivity contribution is 0.123. The van der Waals surface area contributed by atoms with Crippen LogP contribution in [0.4, 0.5) is 0 Å². The zero-order valence-electron chi connectivity index (χ0n) is 10.3. The summed E-state index contributed by atoms with van der Waals surface area (Å²) in [6.07, 6.45) is 2.16. The lowest BCUT2D eigenvalue weighted by Crippen LogP contribution is -2.17. The van der Waals surface area contributed by atoms with Crippen LogP contribution in [-0.4, -0.2) is 17.8 Å². The fourth-order valence-electron chi connectivity index (χ4n) is 1.75. The molecule has 5 heteroatoms. The summed E-state index contributed by atoms with van der Waals surface area (Å²) in [6, 6.07) is 5.52. The molecule has 1 heterocycles. The first-order valence-corrected chi connectivity index (χ1v) is 6.88. The summed E-state index contributed by atoms with van der Waals surface area (Å²) in [5, 5.41) is 0. The van der Waals surface area contributed by atoms with Crippen molar-refractivity contribution in [1.82, 2.24) is 4.57 Å². The number of hydrogen-bond donors (Lipinski definition) is 0. The molecule has 0 fully saturated rings. The first-order chi connectivity index (χ1) is 8.72. The number of rotatable bonds is 6. The molecule has 0 saturated carbocycles. The van der Waals surface area contributed by atoms with Crippen LogP contribution in [0, 0.1) is 0 Å². The quantitative estimate of drug-likeness (QED) is 0.769. The first kappa shape index (κ1) is 13.4. The Bertz CT molecular complexity index is 573. The zero-order chi connectivity index (χ0) is 13.0. The van der Waals surface area contributed by atoms with Crippen LogP contribution in [-0.2, 0) is 11.3 Å². The molecular weight excluding hydrogens is 298 g/mol. The second-order valence-electron chi connectivity index (χ2n) is 4.10. The van der Waals surface area contributed by atoms with Crippen LogP contribution >= 0.6 is 15.9 Å². The van der Waals surface area contributed by atoms with E-state index in [0.717, 1.165) is 29.4 Å². The van der Waals surface area contributed by atoms with Crippen LogP contribution < -0.4 is 5.76 Å². The van der Waals surface area contributed by atoms with Crippen molar-refractivity contribution in [3.05, 3.63) is 33.2 Å². The number of benzene rings is 1. The monoisotopic (exact) mass is 313 g/mol. The Kier molecular flexibility index (Phi) is 4.60. The minimum Gasteiger partial charge on any atom is -0.408 e. The number of fused-ring (bicyclic) bond motifs is 1. The summed E-state index contributed by atoms with van der Waals surface area (Å²) in [6.45, 7) is 3.91. The second-order valence-corrected chi connectivity index (χ2v) is 5.01. The van der Waals surface area contributed by atoms with Crippen molar-refractivity contribution in [2.24, 2.45) is 0 Å². The van der Waals surface area contributed by atoms with Gasteiger partial charge in [0.1, 0.15) is 0 Å². The molecule has 0 atom stereocenters.